The van der Waals surface area contributed by atoms with E-state index in [0.717, 1.165) is 0 Å². The summed E-state index contributed by atoms with van der Waals surface area (Å²) in [5.74, 6) is 0.0558. The van der Waals surface area contributed by atoms with E-state index in [1.165, 1.54) is 14.2 Å². The van der Waals surface area contributed by atoms with Crippen molar-refractivity contribution < 1.29 is 33.6 Å². The number of hydrogen-bond donors (Lipinski definition) is 1. The predicted octanol–water partition coefficient (Wildman–Crippen LogP) is 4.25. The summed E-state index contributed by atoms with van der Waals surface area (Å²) < 4.78 is 22.1. The molecule has 0 saturated carbocycles. The normalized spacial score (nSPS) is 10.2. The van der Waals surface area contributed by atoms with E-state index in [0.29, 0.717) is 40.4 Å². The third kappa shape index (κ3) is 5.49. The summed E-state index contributed by atoms with van der Waals surface area (Å²) in [5, 5.41) is 9.59. The zero-order chi connectivity index (χ0) is 23.7. The Labute approximate surface area is 187 Å². The third-order valence-corrected chi connectivity index (χ3v) is 4.74. The molecule has 0 fully saturated rings. The van der Waals surface area contributed by atoms with Gasteiger partial charge < -0.3 is 24.1 Å². The van der Waals surface area contributed by atoms with Crippen LogP contribution in [0.3, 0.4) is 0 Å². The maximum Gasteiger partial charge on any atom is 0.307 e. The molecule has 0 aliphatic heterocycles. The molecule has 170 valence electrons. The standard InChI is InChI=1S/C25H28O7/c1-6-11-31-20-15-22(32-12-7-2)24(18(14-23(26)27)17(20)8-3)25(28)16-9-10-19(29-4)21(13-16)30-5/h6-7,9-10,13,15H,1-2,8,11-12,14H2,3-5H3,(H,26,27). The number of carbonyl (C=O) groups is 2. The summed E-state index contributed by atoms with van der Waals surface area (Å²) in [4.78, 5) is 25.4. The lowest BCUT2D eigenvalue weighted by Gasteiger charge is -2.21. The molecule has 32 heavy (non-hydrogen) atoms. The molecule has 7 nitrogen and oxygen atoms in total. The minimum absolute atomic E-state index is 0.130. The molecule has 0 unspecified atom stereocenters. The molecule has 0 spiro atoms. The summed E-state index contributed by atoms with van der Waals surface area (Å²) in [6.07, 6.45) is 3.22. The van der Waals surface area contributed by atoms with Gasteiger partial charge in [0.1, 0.15) is 24.7 Å². The number of rotatable bonds is 13. The van der Waals surface area contributed by atoms with Crippen LogP contribution in [0.25, 0.3) is 0 Å². The minimum atomic E-state index is -1.07. The van der Waals surface area contributed by atoms with Gasteiger partial charge >= 0.3 is 5.97 Å². The van der Waals surface area contributed by atoms with Crippen molar-refractivity contribution in [2.75, 3.05) is 27.4 Å². The predicted molar refractivity (Wildman–Crippen MR) is 122 cm³/mol. The Morgan fingerprint density at radius 2 is 1.53 bits per heavy atom. The maximum atomic E-state index is 13.6. The average molecular weight is 440 g/mol. The molecule has 0 amide bonds. The van der Waals surface area contributed by atoms with Gasteiger partial charge in [0.25, 0.3) is 0 Å². The van der Waals surface area contributed by atoms with E-state index in [4.69, 9.17) is 18.9 Å². The van der Waals surface area contributed by atoms with Crippen molar-refractivity contribution in [2.45, 2.75) is 19.8 Å². The Morgan fingerprint density at radius 1 is 0.906 bits per heavy atom. The largest absolute Gasteiger partial charge is 0.493 e. The highest BCUT2D eigenvalue weighted by Crippen LogP contribution is 2.38. The van der Waals surface area contributed by atoms with Crippen molar-refractivity contribution in [3.63, 3.8) is 0 Å². The summed E-state index contributed by atoms with van der Waals surface area (Å²) in [6.45, 7) is 9.52. The van der Waals surface area contributed by atoms with Gasteiger partial charge in [-0.25, -0.2) is 0 Å². The van der Waals surface area contributed by atoms with Crippen molar-refractivity contribution in [1.29, 1.82) is 0 Å². The van der Waals surface area contributed by atoms with Crippen molar-refractivity contribution in [3.05, 3.63) is 71.8 Å². The van der Waals surface area contributed by atoms with Crippen LogP contribution in [0.5, 0.6) is 23.0 Å². The van der Waals surface area contributed by atoms with Crippen molar-refractivity contribution in [3.8, 4) is 23.0 Å². The van der Waals surface area contributed by atoms with Crippen LogP contribution in [-0.4, -0.2) is 44.3 Å². The number of carbonyl (C=O) groups excluding carboxylic acids is 1. The number of carboxylic acids is 1. The molecule has 0 atom stereocenters. The molecule has 1 N–H and O–H groups in total. The lowest BCUT2D eigenvalue weighted by molar-refractivity contribution is -0.136. The number of carboxylic acid groups (broad SMARTS) is 1. The molecule has 0 saturated heterocycles. The molecule has 0 aliphatic carbocycles. The highest BCUT2D eigenvalue weighted by atomic mass is 16.5. The lowest BCUT2D eigenvalue weighted by atomic mass is 9.90. The third-order valence-electron chi connectivity index (χ3n) is 4.74. The van der Waals surface area contributed by atoms with E-state index >= 15 is 0 Å². The lowest BCUT2D eigenvalue weighted by Crippen LogP contribution is -2.16. The van der Waals surface area contributed by atoms with Gasteiger partial charge in [-0.3, -0.25) is 9.59 Å². The number of benzene rings is 2. The maximum absolute atomic E-state index is 13.6. The van der Waals surface area contributed by atoms with Crippen LogP contribution in [-0.2, 0) is 17.6 Å². The second kappa shape index (κ2) is 11.6. The first kappa shape index (κ1) is 24.5. The molecular weight excluding hydrogens is 412 g/mol. The van der Waals surface area contributed by atoms with Gasteiger partial charge in [0.05, 0.1) is 26.2 Å². The fourth-order valence-electron chi connectivity index (χ4n) is 3.37. The molecular formula is C25H28O7. The highest BCUT2D eigenvalue weighted by Gasteiger charge is 2.27. The average Bonchev–Trinajstić information content (AvgIpc) is 2.79. The fraction of sp³-hybridized carbons (Fsp3) is 0.280. The summed E-state index contributed by atoms with van der Waals surface area (Å²) in [5.41, 5.74) is 1.45. The van der Waals surface area contributed by atoms with E-state index in [1.54, 1.807) is 36.4 Å². The first-order valence-corrected chi connectivity index (χ1v) is 10.1. The zero-order valence-electron chi connectivity index (χ0n) is 18.6. The molecule has 0 heterocycles. The number of methoxy groups -OCH3 is 2. The van der Waals surface area contributed by atoms with E-state index in [1.807, 2.05) is 6.92 Å². The van der Waals surface area contributed by atoms with Gasteiger partial charge in [0, 0.05) is 11.6 Å². The molecule has 2 aromatic carbocycles. The van der Waals surface area contributed by atoms with E-state index in [-0.39, 0.29) is 30.9 Å². The smallest absolute Gasteiger partial charge is 0.307 e. The van der Waals surface area contributed by atoms with Crippen molar-refractivity contribution >= 4 is 11.8 Å². The Kier molecular flexibility index (Phi) is 8.89. The molecule has 0 radical (unpaired) electrons. The Morgan fingerprint density at radius 3 is 2.06 bits per heavy atom. The van der Waals surface area contributed by atoms with Gasteiger partial charge in [0.2, 0.25) is 0 Å². The van der Waals surface area contributed by atoms with Crippen molar-refractivity contribution in [1.82, 2.24) is 0 Å². The van der Waals surface area contributed by atoms with E-state index in [9.17, 15) is 14.7 Å². The van der Waals surface area contributed by atoms with Gasteiger partial charge in [-0.2, -0.15) is 0 Å². The minimum Gasteiger partial charge on any atom is -0.493 e. The molecule has 0 bridgehead atoms. The second-order valence-corrected chi connectivity index (χ2v) is 6.73. The van der Waals surface area contributed by atoms with Gasteiger partial charge in [-0.1, -0.05) is 32.2 Å². The van der Waals surface area contributed by atoms with Crippen LogP contribution >= 0.6 is 0 Å². The highest BCUT2D eigenvalue weighted by molar-refractivity contribution is 6.12. The fourth-order valence-corrected chi connectivity index (χ4v) is 3.37. The van der Waals surface area contributed by atoms with E-state index < -0.39 is 11.8 Å². The van der Waals surface area contributed by atoms with Crippen LogP contribution in [0.1, 0.15) is 34.0 Å². The Bertz CT molecular complexity index is 1010. The summed E-state index contributed by atoms with van der Waals surface area (Å²) in [7, 11) is 2.97. The Hall–Kier alpha value is -3.74. The zero-order valence-corrected chi connectivity index (χ0v) is 18.6. The van der Waals surface area contributed by atoms with Crippen molar-refractivity contribution in [2.24, 2.45) is 0 Å². The van der Waals surface area contributed by atoms with Gasteiger partial charge in [-0.05, 0) is 35.7 Å². The van der Waals surface area contributed by atoms with Crippen LogP contribution in [0.15, 0.2) is 49.6 Å². The van der Waals surface area contributed by atoms with E-state index in [2.05, 4.69) is 13.2 Å². The summed E-state index contributed by atoms with van der Waals surface area (Å²) in [6, 6.07) is 6.39. The number of aliphatic carboxylic acids is 1. The van der Waals surface area contributed by atoms with Crippen LogP contribution < -0.4 is 18.9 Å². The number of ether oxygens (including phenoxy) is 4. The van der Waals surface area contributed by atoms with Crippen LogP contribution in [0, 0.1) is 0 Å². The number of hydrogen-bond acceptors (Lipinski definition) is 6. The molecule has 0 aromatic heterocycles. The topological polar surface area (TPSA) is 91.3 Å². The van der Waals surface area contributed by atoms with Crippen LogP contribution in [0.4, 0.5) is 0 Å². The van der Waals surface area contributed by atoms with Crippen LogP contribution in [0.2, 0.25) is 0 Å². The SMILES string of the molecule is C=CCOc1cc(OCC=C)c(C(=O)c2ccc(OC)c(OC)c2)c(CC(=O)O)c1CC. The number of ketones is 1. The van der Waals surface area contributed by atoms with Gasteiger partial charge in [0.15, 0.2) is 17.3 Å². The van der Waals surface area contributed by atoms with Gasteiger partial charge in [-0.15, -0.1) is 0 Å². The second-order valence-electron chi connectivity index (χ2n) is 6.73. The first-order chi connectivity index (χ1) is 15.4. The molecule has 2 rings (SSSR count). The molecule has 7 heteroatoms. The monoisotopic (exact) mass is 440 g/mol. The molecule has 2 aromatic rings. The quantitative estimate of drug-likeness (QED) is 0.368. The Balaban J connectivity index is 2.78. The summed E-state index contributed by atoms with van der Waals surface area (Å²) >= 11 is 0. The first-order valence-electron chi connectivity index (χ1n) is 10.1. The molecule has 0 aliphatic rings.